The summed E-state index contributed by atoms with van der Waals surface area (Å²) < 4.78 is 13.0. The molecule has 2 saturated heterocycles. The number of rotatable bonds is 4. The van der Waals surface area contributed by atoms with Gasteiger partial charge in [0.2, 0.25) is 5.91 Å². The summed E-state index contributed by atoms with van der Waals surface area (Å²) in [4.78, 5) is 29.9. The normalized spacial score (nSPS) is 17.7. The first-order valence-corrected chi connectivity index (χ1v) is 8.94. The number of carbonyl (C=O) groups is 2. The van der Waals surface area contributed by atoms with Crippen LogP contribution in [0.15, 0.2) is 24.3 Å². The summed E-state index contributed by atoms with van der Waals surface area (Å²) in [6.07, 6.45) is 2.52. The molecule has 0 spiro atoms. The molecule has 1 aromatic rings. The van der Waals surface area contributed by atoms with Gasteiger partial charge in [0.25, 0.3) is 0 Å². The molecule has 7 heteroatoms. The standard InChI is InChI=1S/C18H25FN4O2/c19-15-3-5-16(6-4-15)21-11-13-23(14-12-21)18(25)20-8-7-17(24)22-9-1-2-10-22/h3-6H,1-2,7-14H2,(H,20,25). The van der Waals surface area contributed by atoms with Gasteiger partial charge in [-0.2, -0.15) is 0 Å². The molecule has 0 saturated carbocycles. The predicted octanol–water partition coefficient (Wildman–Crippen LogP) is 1.67. The van der Waals surface area contributed by atoms with Crippen LogP contribution >= 0.6 is 0 Å². The van der Waals surface area contributed by atoms with Gasteiger partial charge in [0.1, 0.15) is 5.82 Å². The molecular weight excluding hydrogens is 323 g/mol. The summed E-state index contributed by atoms with van der Waals surface area (Å²) in [5.41, 5.74) is 0.970. The number of nitrogens with one attached hydrogen (secondary N) is 1. The van der Waals surface area contributed by atoms with Gasteiger partial charge < -0.3 is 20.0 Å². The fraction of sp³-hybridized carbons (Fsp3) is 0.556. The number of hydrogen-bond donors (Lipinski definition) is 1. The topological polar surface area (TPSA) is 55.9 Å². The van der Waals surface area contributed by atoms with Crippen LogP contribution < -0.4 is 10.2 Å². The van der Waals surface area contributed by atoms with Crippen molar-refractivity contribution in [3.05, 3.63) is 30.1 Å². The van der Waals surface area contributed by atoms with E-state index >= 15 is 0 Å². The van der Waals surface area contributed by atoms with Crippen LogP contribution in [0, 0.1) is 5.82 Å². The van der Waals surface area contributed by atoms with E-state index in [0.717, 1.165) is 31.6 Å². The first kappa shape index (κ1) is 17.5. The summed E-state index contributed by atoms with van der Waals surface area (Å²) >= 11 is 0. The predicted molar refractivity (Wildman–Crippen MR) is 94.0 cm³/mol. The lowest BCUT2D eigenvalue weighted by molar-refractivity contribution is -0.129. The summed E-state index contributed by atoms with van der Waals surface area (Å²) in [6, 6.07) is 6.30. The maximum Gasteiger partial charge on any atom is 0.317 e. The number of halogens is 1. The van der Waals surface area contributed by atoms with Gasteiger partial charge in [0.15, 0.2) is 0 Å². The third-order valence-electron chi connectivity index (χ3n) is 4.83. The monoisotopic (exact) mass is 348 g/mol. The lowest BCUT2D eigenvalue weighted by Crippen LogP contribution is -2.52. The highest BCUT2D eigenvalue weighted by atomic mass is 19.1. The highest BCUT2D eigenvalue weighted by molar-refractivity contribution is 5.78. The Balaban J connectivity index is 1.38. The van der Waals surface area contributed by atoms with E-state index in [0.29, 0.717) is 39.1 Å². The molecule has 0 radical (unpaired) electrons. The molecule has 0 aromatic heterocycles. The van der Waals surface area contributed by atoms with Crippen molar-refractivity contribution in [2.24, 2.45) is 0 Å². The molecule has 1 N–H and O–H groups in total. The molecule has 2 heterocycles. The zero-order valence-electron chi connectivity index (χ0n) is 14.4. The van der Waals surface area contributed by atoms with Gasteiger partial charge in [-0.05, 0) is 37.1 Å². The fourth-order valence-electron chi connectivity index (χ4n) is 3.33. The number of hydrogen-bond acceptors (Lipinski definition) is 3. The highest BCUT2D eigenvalue weighted by Gasteiger charge is 2.22. The Morgan fingerprint density at radius 1 is 0.920 bits per heavy atom. The lowest BCUT2D eigenvalue weighted by atomic mass is 10.2. The highest BCUT2D eigenvalue weighted by Crippen LogP contribution is 2.17. The number of likely N-dealkylation sites (tertiary alicyclic amines) is 1. The minimum atomic E-state index is -0.245. The van der Waals surface area contributed by atoms with Crippen molar-refractivity contribution < 1.29 is 14.0 Å². The minimum Gasteiger partial charge on any atom is -0.368 e. The molecule has 0 aliphatic carbocycles. The molecule has 3 rings (SSSR count). The average molecular weight is 348 g/mol. The Hall–Kier alpha value is -2.31. The van der Waals surface area contributed by atoms with Crippen molar-refractivity contribution >= 4 is 17.6 Å². The molecule has 2 fully saturated rings. The van der Waals surface area contributed by atoms with Gasteiger partial charge in [-0.1, -0.05) is 0 Å². The number of anilines is 1. The lowest BCUT2D eigenvalue weighted by Gasteiger charge is -2.36. The maximum absolute atomic E-state index is 13.0. The molecule has 0 atom stereocenters. The molecule has 2 aliphatic rings. The quantitative estimate of drug-likeness (QED) is 0.901. The zero-order chi connectivity index (χ0) is 17.6. The van der Waals surface area contributed by atoms with E-state index in [2.05, 4.69) is 10.2 Å². The Kier molecular flexibility index (Phi) is 5.73. The Morgan fingerprint density at radius 3 is 2.20 bits per heavy atom. The molecule has 1 aromatic carbocycles. The maximum atomic E-state index is 13.0. The molecule has 6 nitrogen and oxygen atoms in total. The molecular formula is C18H25FN4O2. The molecule has 0 bridgehead atoms. The summed E-state index contributed by atoms with van der Waals surface area (Å²) in [5, 5.41) is 2.84. The number of amides is 3. The summed E-state index contributed by atoms with van der Waals surface area (Å²) in [6.45, 7) is 4.73. The molecule has 3 amide bonds. The van der Waals surface area contributed by atoms with Crippen LogP contribution in [0.4, 0.5) is 14.9 Å². The Bertz CT molecular complexity index is 594. The SMILES string of the molecule is O=C(CCNC(=O)N1CCN(c2ccc(F)cc2)CC1)N1CCCC1. The van der Waals surface area contributed by atoms with E-state index in [4.69, 9.17) is 0 Å². The van der Waals surface area contributed by atoms with E-state index in [-0.39, 0.29) is 17.8 Å². The van der Waals surface area contributed by atoms with Crippen LogP contribution in [0.3, 0.4) is 0 Å². The zero-order valence-corrected chi connectivity index (χ0v) is 14.4. The van der Waals surface area contributed by atoms with Crippen LogP contribution in [0.25, 0.3) is 0 Å². The third kappa shape index (κ3) is 4.61. The number of carbonyl (C=O) groups excluding carboxylic acids is 2. The van der Waals surface area contributed by atoms with Crippen molar-refractivity contribution in [1.29, 1.82) is 0 Å². The summed E-state index contributed by atoms with van der Waals surface area (Å²) in [5.74, 6) is -0.121. The third-order valence-corrected chi connectivity index (χ3v) is 4.83. The van der Waals surface area contributed by atoms with Crippen LogP contribution in [0.2, 0.25) is 0 Å². The number of nitrogens with zero attached hydrogens (tertiary/aromatic N) is 3. The van der Waals surface area contributed by atoms with E-state index in [1.807, 2.05) is 4.90 Å². The van der Waals surface area contributed by atoms with Gasteiger partial charge in [-0.25, -0.2) is 9.18 Å². The van der Waals surface area contributed by atoms with Crippen LogP contribution in [-0.4, -0.2) is 67.6 Å². The van der Waals surface area contributed by atoms with Gasteiger partial charge in [-0.3, -0.25) is 4.79 Å². The van der Waals surface area contributed by atoms with E-state index in [1.165, 1.54) is 12.1 Å². The fourth-order valence-corrected chi connectivity index (χ4v) is 3.33. The van der Waals surface area contributed by atoms with Gasteiger partial charge in [-0.15, -0.1) is 0 Å². The van der Waals surface area contributed by atoms with Gasteiger partial charge in [0, 0.05) is 57.9 Å². The second-order valence-corrected chi connectivity index (χ2v) is 6.52. The van der Waals surface area contributed by atoms with E-state index in [1.54, 1.807) is 17.0 Å². The van der Waals surface area contributed by atoms with Crippen LogP contribution in [0.5, 0.6) is 0 Å². The first-order valence-electron chi connectivity index (χ1n) is 8.94. The van der Waals surface area contributed by atoms with E-state index < -0.39 is 0 Å². The van der Waals surface area contributed by atoms with Crippen LogP contribution in [-0.2, 0) is 4.79 Å². The molecule has 136 valence electrons. The van der Waals surface area contributed by atoms with Crippen molar-refractivity contribution in [3.63, 3.8) is 0 Å². The number of benzene rings is 1. The second-order valence-electron chi connectivity index (χ2n) is 6.52. The van der Waals surface area contributed by atoms with Crippen molar-refractivity contribution in [2.75, 3.05) is 50.7 Å². The summed E-state index contributed by atoms with van der Waals surface area (Å²) in [7, 11) is 0. The second kappa shape index (κ2) is 8.18. The largest absolute Gasteiger partial charge is 0.368 e. The van der Waals surface area contributed by atoms with E-state index in [9.17, 15) is 14.0 Å². The Morgan fingerprint density at radius 2 is 1.56 bits per heavy atom. The van der Waals surface area contributed by atoms with Crippen LogP contribution in [0.1, 0.15) is 19.3 Å². The number of urea groups is 1. The van der Waals surface area contributed by atoms with Gasteiger partial charge >= 0.3 is 6.03 Å². The smallest absolute Gasteiger partial charge is 0.317 e. The minimum absolute atomic E-state index is 0.118. The van der Waals surface area contributed by atoms with Gasteiger partial charge in [0.05, 0.1) is 0 Å². The molecule has 2 aliphatic heterocycles. The Labute approximate surface area is 147 Å². The first-order chi connectivity index (χ1) is 12.1. The molecule has 25 heavy (non-hydrogen) atoms. The van der Waals surface area contributed by atoms with Crippen molar-refractivity contribution in [2.45, 2.75) is 19.3 Å². The van der Waals surface area contributed by atoms with Crippen molar-refractivity contribution in [3.8, 4) is 0 Å². The number of piperazine rings is 1. The molecule has 0 unspecified atom stereocenters. The average Bonchev–Trinajstić information content (AvgIpc) is 3.17. The van der Waals surface area contributed by atoms with Crippen molar-refractivity contribution in [1.82, 2.24) is 15.1 Å².